The van der Waals surface area contributed by atoms with Crippen molar-refractivity contribution in [2.24, 2.45) is 4.99 Å². The average Bonchev–Trinajstić information content (AvgIpc) is 3.10. The molecule has 2 aliphatic rings. The van der Waals surface area contributed by atoms with Crippen molar-refractivity contribution in [3.8, 4) is 0 Å². The highest BCUT2D eigenvalue weighted by molar-refractivity contribution is 6.41. The second-order valence-corrected chi connectivity index (χ2v) is 7.88. The molecule has 0 bridgehead atoms. The minimum atomic E-state index is -1.11. The number of ketones is 2. The number of nitrogens with zero attached hydrogens (tertiary/aromatic N) is 1. The lowest BCUT2D eigenvalue weighted by molar-refractivity contribution is -0.119. The van der Waals surface area contributed by atoms with E-state index in [0.29, 0.717) is 17.0 Å². The molecule has 1 aliphatic carbocycles. The Hall–Kier alpha value is -4.25. The van der Waals surface area contributed by atoms with Crippen LogP contribution in [-0.4, -0.2) is 17.3 Å². The predicted molar refractivity (Wildman–Crippen MR) is 126 cm³/mol. The molecule has 5 nitrogen and oxygen atoms in total. The van der Waals surface area contributed by atoms with Gasteiger partial charge in [-0.25, -0.2) is 0 Å². The van der Waals surface area contributed by atoms with Crippen LogP contribution in [0.25, 0.3) is 0 Å². The number of carbonyl (C=O) groups is 2. The largest absolute Gasteiger partial charge is 0.354 e. The molecule has 0 radical (unpaired) electrons. The van der Waals surface area contributed by atoms with Crippen molar-refractivity contribution in [3.63, 3.8) is 0 Å². The van der Waals surface area contributed by atoms with Crippen molar-refractivity contribution < 1.29 is 9.59 Å². The third-order valence-electron chi connectivity index (χ3n) is 5.70. The average molecular weight is 419 g/mol. The number of benzene rings is 3. The fraction of sp³-hybridized carbons (Fsp3) is 0.0741. The van der Waals surface area contributed by atoms with Crippen LogP contribution in [0.2, 0.25) is 0 Å². The van der Waals surface area contributed by atoms with Gasteiger partial charge in [-0.05, 0) is 36.8 Å². The minimum Gasteiger partial charge on any atom is -0.354 e. The Morgan fingerprint density at radius 3 is 1.84 bits per heavy atom. The van der Waals surface area contributed by atoms with Gasteiger partial charge in [-0.15, -0.1) is 0 Å². The van der Waals surface area contributed by atoms with Crippen LogP contribution in [0.3, 0.4) is 0 Å². The lowest BCUT2D eigenvalue weighted by Crippen LogP contribution is -2.31. The second-order valence-electron chi connectivity index (χ2n) is 7.88. The van der Waals surface area contributed by atoms with Gasteiger partial charge in [0.05, 0.1) is 22.7 Å². The van der Waals surface area contributed by atoms with Gasteiger partial charge >= 0.3 is 0 Å². The molecule has 0 saturated heterocycles. The molecule has 156 valence electrons. The molecular formula is C27H21N3O2. The highest BCUT2D eigenvalue weighted by atomic mass is 16.1. The van der Waals surface area contributed by atoms with E-state index in [2.05, 4.69) is 10.6 Å². The van der Waals surface area contributed by atoms with Gasteiger partial charge in [0.15, 0.2) is 5.78 Å². The zero-order valence-corrected chi connectivity index (χ0v) is 17.5. The summed E-state index contributed by atoms with van der Waals surface area (Å²) in [6, 6.07) is 28.3. The molecule has 0 saturated carbocycles. The molecule has 0 fully saturated rings. The van der Waals surface area contributed by atoms with E-state index in [1.807, 2.05) is 91.0 Å². The van der Waals surface area contributed by atoms with Gasteiger partial charge in [0, 0.05) is 17.5 Å². The highest BCUT2D eigenvalue weighted by Gasteiger charge is 2.48. The fourth-order valence-electron chi connectivity index (χ4n) is 4.02. The molecule has 0 spiro atoms. The van der Waals surface area contributed by atoms with Crippen LogP contribution >= 0.6 is 0 Å². The Bertz CT molecular complexity index is 1290. The number of fused-ring (bicyclic) bond motifs is 1. The summed E-state index contributed by atoms with van der Waals surface area (Å²) in [5, 5.41) is 6.43. The zero-order chi connectivity index (χ0) is 22.1. The van der Waals surface area contributed by atoms with Crippen LogP contribution in [0.15, 0.2) is 119 Å². The Labute approximate surface area is 186 Å². The van der Waals surface area contributed by atoms with Gasteiger partial charge in [0.1, 0.15) is 5.54 Å². The van der Waals surface area contributed by atoms with E-state index in [9.17, 15) is 9.59 Å². The molecule has 0 aromatic heterocycles. The standard InChI is InChI=1S/C27H21N3O2/c1-27(18-11-5-2-6-12-18)26(32)23-24(30-27)21(28-19-13-7-3-8-14-19)17-22(31)25(23)29-20-15-9-4-10-16-20/h2-17,28-29H,1H3. The zero-order valence-electron chi connectivity index (χ0n) is 17.5. The molecule has 2 N–H and O–H groups in total. The number of para-hydroxylation sites is 2. The number of Topliss-reactive ketones (excluding diaryl/α,β-unsaturated/α-hetero) is 1. The molecular weight excluding hydrogens is 398 g/mol. The molecule has 1 heterocycles. The second kappa shape index (κ2) is 7.78. The van der Waals surface area contributed by atoms with Gasteiger partial charge in [0.2, 0.25) is 5.78 Å². The normalized spacial score (nSPS) is 19.9. The lowest BCUT2D eigenvalue weighted by Gasteiger charge is -2.21. The number of hydrogen-bond acceptors (Lipinski definition) is 5. The summed E-state index contributed by atoms with van der Waals surface area (Å²) < 4.78 is 0. The van der Waals surface area contributed by atoms with Gasteiger partial charge in [0.25, 0.3) is 0 Å². The maximum absolute atomic E-state index is 13.8. The van der Waals surface area contributed by atoms with Crippen LogP contribution in [-0.2, 0) is 15.1 Å². The summed E-state index contributed by atoms with van der Waals surface area (Å²) in [5.74, 6) is -0.474. The Morgan fingerprint density at radius 2 is 1.25 bits per heavy atom. The Balaban J connectivity index is 1.64. The van der Waals surface area contributed by atoms with E-state index >= 15 is 0 Å². The number of allylic oxidation sites excluding steroid dienone is 2. The van der Waals surface area contributed by atoms with E-state index in [-0.39, 0.29) is 17.3 Å². The molecule has 1 aliphatic heterocycles. The molecule has 5 rings (SSSR count). The molecule has 3 aromatic carbocycles. The van der Waals surface area contributed by atoms with Crippen LogP contribution in [0, 0.1) is 0 Å². The fourth-order valence-corrected chi connectivity index (χ4v) is 4.02. The molecule has 1 unspecified atom stereocenters. The van der Waals surface area contributed by atoms with E-state index in [0.717, 1.165) is 16.9 Å². The van der Waals surface area contributed by atoms with Crippen molar-refractivity contribution in [1.82, 2.24) is 0 Å². The van der Waals surface area contributed by atoms with Crippen molar-refractivity contribution in [2.75, 3.05) is 10.6 Å². The van der Waals surface area contributed by atoms with Crippen LogP contribution < -0.4 is 10.6 Å². The van der Waals surface area contributed by atoms with E-state index < -0.39 is 5.54 Å². The van der Waals surface area contributed by atoms with Crippen molar-refractivity contribution in [1.29, 1.82) is 0 Å². The Kier molecular flexibility index (Phi) is 4.79. The van der Waals surface area contributed by atoms with Crippen molar-refractivity contribution in [3.05, 3.63) is 120 Å². The predicted octanol–water partition coefficient (Wildman–Crippen LogP) is 4.87. The van der Waals surface area contributed by atoms with Gasteiger partial charge in [-0.2, -0.15) is 0 Å². The van der Waals surface area contributed by atoms with E-state index in [1.165, 1.54) is 6.08 Å². The summed E-state index contributed by atoms with van der Waals surface area (Å²) in [5.41, 5.74) is 2.78. The quantitative estimate of drug-likeness (QED) is 0.579. The molecule has 1 atom stereocenters. The Morgan fingerprint density at radius 1 is 0.719 bits per heavy atom. The SMILES string of the molecule is CC1(c2ccccc2)N=C2C(Nc3ccccc3)=CC(=O)C(Nc3ccccc3)=C2C1=O. The number of aliphatic imine (C=N–C) groups is 1. The molecule has 32 heavy (non-hydrogen) atoms. The van der Waals surface area contributed by atoms with Gasteiger partial charge in [-0.1, -0.05) is 66.7 Å². The number of hydrogen-bond donors (Lipinski definition) is 2. The van der Waals surface area contributed by atoms with E-state index in [4.69, 9.17) is 4.99 Å². The first-order chi connectivity index (χ1) is 15.6. The summed E-state index contributed by atoms with van der Waals surface area (Å²) in [6.07, 6.45) is 1.50. The summed E-state index contributed by atoms with van der Waals surface area (Å²) in [7, 11) is 0. The van der Waals surface area contributed by atoms with Gasteiger partial charge in [-0.3, -0.25) is 14.6 Å². The van der Waals surface area contributed by atoms with Crippen molar-refractivity contribution >= 4 is 28.7 Å². The summed E-state index contributed by atoms with van der Waals surface area (Å²) in [6.45, 7) is 1.80. The first-order valence-corrected chi connectivity index (χ1v) is 10.4. The third kappa shape index (κ3) is 3.34. The molecule has 0 amide bonds. The van der Waals surface area contributed by atoms with Crippen LogP contribution in [0.4, 0.5) is 11.4 Å². The topological polar surface area (TPSA) is 70.6 Å². The van der Waals surface area contributed by atoms with E-state index in [1.54, 1.807) is 6.92 Å². The van der Waals surface area contributed by atoms with Crippen molar-refractivity contribution in [2.45, 2.75) is 12.5 Å². The summed E-state index contributed by atoms with van der Waals surface area (Å²) >= 11 is 0. The number of anilines is 2. The number of nitrogens with one attached hydrogen (secondary N) is 2. The maximum atomic E-state index is 13.8. The molecule has 3 aromatic rings. The lowest BCUT2D eigenvalue weighted by atomic mass is 9.84. The number of rotatable bonds is 5. The molecule has 5 heteroatoms. The highest BCUT2D eigenvalue weighted by Crippen LogP contribution is 2.40. The summed E-state index contributed by atoms with van der Waals surface area (Å²) in [4.78, 5) is 31.9. The third-order valence-corrected chi connectivity index (χ3v) is 5.70. The first-order valence-electron chi connectivity index (χ1n) is 10.4. The van der Waals surface area contributed by atoms with Crippen LogP contribution in [0.1, 0.15) is 12.5 Å². The maximum Gasteiger partial charge on any atom is 0.204 e. The van der Waals surface area contributed by atoms with Gasteiger partial charge < -0.3 is 10.6 Å². The monoisotopic (exact) mass is 419 g/mol. The first kappa shape index (κ1) is 19.7. The van der Waals surface area contributed by atoms with Crippen LogP contribution in [0.5, 0.6) is 0 Å². The number of carbonyl (C=O) groups excluding carboxylic acids is 2. The smallest absolute Gasteiger partial charge is 0.204 e. The minimum absolute atomic E-state index is 0.203.